The maximum atomic E-state index is 11.1. The highest BCUT2D eigenvalue weighted by Gasteiger charge is 2.07. The van der Waals surface area contributed by atoms with Crippen molar-refractivity contribution in [1.82, 2.24) is 9.88 Å². The van der Waals surface area contributed by atoms with Gasteiger partial charge < -0.3 is 19.2 Å². The van der Waals surface area contributed by atoms with Crippen molar-refractivity contribution in [2.75, 3.05) is 27.2 Å². The molecule has 1 aromatic carbocycles. The summed E-state index contributed by atoms with van der Waals surface area (Å²) in [6, 6.07) is 9.02. The van der Waals surface area contributed by atoms with Crippen molar-refractivity contribution in [1.29, 1.82) is 0 Å². The molecular weight excluding hydrogens is 376 g/mol. The van der Waals surface area contributed by atoms with Crippen LogP contribution in [-0.2, 0) is 4.79 Å². The molecular formula is C22H27ClN2O3. The normalized spacial score (nSPS) is 12.4. The van der Waals surface area contributed by atoms with Gasteiger partial charge in [-0.3, -0.25) is 0 Å². The maximum Gasteiger partial charge on any atom is 0.219 e. The van der Waals surface area contributed by atoms with Crippen LogP contribution < -0.4 is 9.47 Å². The van der Waals surface area contributed by atoms with E-state index in [9.17, 15) is 4.79 Å². The van der Waals surface area contributed by atoms with Crippen LogP contribution in [0.25, 0.3) is 6.08 Å². The van der Waals surface area contributed by atoms with E-state index in [1.54, 1.807) is 31.3 Å². The lowest BCUT2D eigenvalue weighted by Gasteiger charge is -2.12. The Morgan fingerprint density at radius 3 is 2.68 bits per heavy atom. The van der Waals surface area contributed by atoms with E-state index < -0.39 is 0 Å². The lowest BCUT2D eigenvalue weighted by Crippen LogP contribution is -2.19. The van der Waals surface area contributed by atoms with E-state index in [1.165, 1.54) is 0 Å². The molecule has 0 fully saturated rings. The van der Waals surface area contributed by atoms with Crippen molar-refractivity contribution < 1.29 is 14.3 Å². The molecule has 0 radical (unpaired) electrons. The number of allylic oxidation sites excluding steroid dienone is 1. The number of pyridine rings is 1. The highest BCUT2D eigenvalue weighted by molar-refractivity contribution is 6.32. The Balaban J connectivity index is 1.94. The van der Waals surface area contributed by atoms with Crippen LogP contribution in [0.3, 0.4) is 0 Å². The summed E-state index contributed by atoms with van der Waals surface area (Å²) in [4.78, 5) is 17.5. The number of carbonyl (C=O) groups excluding carboxylic acids is 1. The summed E-state index contributed by atoms with van der Waals surface area (Å²) in [5, 5.41) is 0.464. The molecule has 0 spiro atoms. The van der Waals surface area contributed by atoms with Gasteiger partial charge in [0.05, 0.1) is 5.02 Å². The summed E-state index contributed by atoms with van der Waals surface area (Å²) in [7, 11) is 3.99. The molecule has 0 N–H and O–H groups in total. The molecule has 0 saturated heterocycles. The zero-order valence-electron chi connectivity index (χ0n) is 16.8. The second-order valence-corrected chi connectivity index (χ2v) is 7.43. The lowest BCUT2D eigenvalue weighted by atomic mass is 10.0. The molecule has 1 aromatic heterocycles. The topological polar surface area (TPSA) is 51.7 Å². The van der Waals surface area contributed by atoms with E-state index in [-0.39, 0.29) is 11.7 Å². The molecule has 5 nitrogen and oxygen atoms in total. The largest absolute Gasteiger partial charge is 0.492 e. The number of halogens is 1. The van der Waals surface area contributed by atoms with Gasteiger partial charge in [-0.15, -0.1) is 0 Å². The number of ether oxygens (including phenoxy) is 2. The first kappa shape index (κ1) is 21.9. The highest BCUT2D eigenvalue weighted by Crippen LogP contribution is 2.31. The van der Waals surface area contributed by atoms with Crippen molar-refractivity contribution in [3.63, 3.8) is 0 Å². The third-order valence-electron chi connectivity index (χ3n) is 3.91. The highest BCUT2D eigenvalue weighted by atomic mass is 35.5. The average Bonchev–Trinajstić information content (AvgIpc) is 2.62. The second-order valence-electron chi connectivity index (χ2n) is 7.02. The first-order chi connectivity index (χ1) is 13.3. The van der Waals surface area contributed by atoms with E-state index in [0.717, 1.165) is 12.1 Å². The van der Waals surface area contributed by atoms with Gasteiger partial charge >= 0.3 is 0 Å². The number of likely N-dealkylation sites (N-methyl/N-ethyl adjacent to an activating group) is 1. The zero-order valence-corrected chi connectivity index (χ0v) is 17.6. The van der Waals surface area contributed by atoms with Crippen molar-refractivity contribution in [2.24, 2.45) is 5.92 Å². The van der Waals surface area contributed by atoms with Crippen molar-refractivity contribution in [3.8, 4) is 17.4 Å². The fraction of sp³-hybridized carbons (Fsp3) is 0.364. The van der Waals surface area contributed by atoms with Gasteiger partial charge in [-0.1, -0.05) is 30.7 Å². The Hall–Kier alpha value is -2.37. The average molecular weight is 403 g/mol. The summed E-state index contributed by atoms with van der Waals surface area (Å²) in [6.07, 6.45) is 6.22. The molecule has 0 amide bonds. The molecule has 2 rings (SSSR count). The Bertz CT molecular complexity index is 804. The minimum Gasteiger partial charge on any atom is -0.492 e. The van der Waals surface area contributed by atoms with Gasteiger partial charge in [0.2, 0.25) is 5.88 Å². The molecule has 0 saturated carbocycles. The van der Waals surface area contributed by atoms with Crippen LogP contribution in [0.2, 0.25) is 5.02 Å². The van der Waals surface area contributed by atoms with Crippen LogP contribution in [0.1, 0.15) is 25.8 Å². The number of aromatic nitrogens is 1. The van der Waals surface area contributed by atoms with E-state index in [2.05, 4.69) is 4.98 Å². The third-order valence-corrected chi connectivity index (χ3v) is 4.21. The number of carbonyl (C=O) groups is 1. The standard InChI is InChI=1S/C22H27ClN2O3/c1-16(13-17(2)26)5-6-18-7-10-22(24-15-18)28-21-9-8-19(14-20(21)23)27-12-11-25(3)4/h5-10,14-16H,11-13H2,1-4H3/b6-5+/t16-/m0/s1. The van der Waals surface area contributed by atoms with Crippen molar-refractivity contribution in [2.45, 2.75) is 20.3 Å². The molecule has 0 bridgehead atoms. The van der Waals surface area contributed by atoms with Crippen LogP contribution in [0.4, 0.5) is 0 Å². The van der Waals surface area contributed by atoms with E-state index >= 15 is 0 Å². The van der Waals surface area contributed by atoms with Gasteiger partial charge in [0.15, 0.2) is 0 Å². The predicted molar refractivity (Wildman–Crippen MR) is 113 cm³/mol. The number of nitrogens with zero attached hydrogens (tertiary/aromatic N) is 2. The Kier molecular flexibility index (Phi) is 8.48. The van der Waals surface area contributed by atoms with Gasteiger partial charge in [-0.2, -0.15) is 0 Å². The Morgan fingerprint density at radius 1 is 1.29 bits per heavy atom. The fourth-order valence-corrected chi connectivity index (χ4v) is 2.67. The van der Waals surface area contributed by atoms with E-state index in [0.29, 0.717) is 35.4 Å². The van der Waals surface area contributed by atoms with Crippen LogP contribution in [0.15, 0.2) is 42.6 Å². The van der Waals surface area contributed by atoms with E-state index in [1.807, 2.05) is 50.2 Å². The van der Waals surface area contributed by atoms with Gasteiger partial charge in [-0.25, -0.2) is 4.98 Å². The summed E-state index contributed by atoms with van der Waals surface area (Å²) in [5.74, 6) is 2.06. The number of hydrogen-bond acceptors (Lipinski definition) is 5. The van der Waals surface area contributed by atoms with E-state index in [4.69, 9.17) is 21.1 Å². The number of benzene rings is 1. The van der Waals surface area contributed by atoms with Crippen molar-refractivity contribution >= 4 is 23.5 Å². The number of Topliss-reactive ketones (excluding diaryl/α,β-unsaturated/α-hetero) is 1. The first-order valence-corrected chi connectivity index (χ1v) is 9.60. The Morgan fingerprint density at radius 2 is 2.07 bits per heavy atom. The quantitative estimate of drug-likeness (QED) is 0.553. The minimum absolute atomic E-state index is 0.185. The summed E-state index contributed by atoms with van der Waals surface area (Å²) in [6.45, 7) is 5.03. The minimum atomic E-state index is 0.185. The lowest BCUT2D eigenvalue weighted by molar-refractivity contribution is -0.117. The first-order valence-electron chi connectivity index (χ1n) is 9.22. The van der Waals surface area contributed by atoms with Crippen LogP contribution in [0, 0.1) is 5.92 Å². The van der Waals surface area contributed by atoms with Crippen LogP contribution in [0.5, 0.6) is 17.4 Å². The molecule has 1 heterocycles. The Labute approximate surface area is 171 Å². The summed E-state index contributed by atoms with van der Waals surface area (Å²) >= 11 is 6.30. The SMILES string of the molecule is CC(=O)C[C@@H](C)/C=C/c1ccc(Oc2ccc(OCCN(C)C)cc2Cl)nc1. The monoisotopic (exact) mass is 402 g/mol. The molecule has 2 aromatic rings. The number of hydrogen-bond donors (Lipinski definition) is 0. The molecule has 0 aliphatic heterocycles. The smallest absolute Gasteiger partial charge is 0.219 e. The number of ketones is 1. The molecule has 1 atom stereocenters. The second kappa shape index (κ2) is 10.8. The van der Waals surface area contributed by atoms with Crippen LogP contribution >= 0.6 is 11.6 Å². The molecule has 0 aliphatic rings. The third kappa shape index (κ3) is 7.71. The summed E-state index contributed by atoms with van der Waals surface area (Å²) < 4.78 is 11.4. The van der Waals surface area contributed by atoms with Gasteiger partial charge in [-0.05, 0) is 50.7 Å². The molecule has 28 heavy (non-hydrogen) atoms. The zero-order chi connectivity index (χ0) is 20.5. The molecule has 150 valence electrons. The molecule has 0 unspecified atom stereocenters. The molecule has 0 aliphatic carbocycles. The fourth-order valence-electron chi connectivity index (χ4n) is 2.46. The number of rotatable bonds is 10. The van der Waals surface area contributed by atoms with Gasteiger partial charge in [0, 0.05) is 31.3 Å². The molecule has 6 heteroatoms. The van der Waals surface area contributed by atoms with Crippen LogP contribution in [-0.4, -0.2) is 42.9 Å². The van der Waals surface area contributed by atoms with Gasteiger partial charge in [0.1, 0.15) is 23.9 Å². The summed E-state index contributed by atoms with van der Waals surface area (Å²) in [5.41, 5.74) is 0.943. The van der Waals surface area contributed by atoms with Gasteiger partial charge in [0.25, 0.3) is 0 Å². The maximum absolute atomic E-state index is 11.1. The van der Waals surface area contributed by atoms with Crippen molar-refractivity contribution in [3.05, 3.63) is 53.2 Å². The predicted octanol–water partition coefficient (Wildman–Crippen LogP) is 5.10.